The first-order valence-electron chi connectivity index (χ1n) is 9.66. The van der Waals surface area contributed by atoms with Gasteiger partial charge in [-0.05, 0) is 32.4 Å². The zero-order valence-corrected chi connectivity index (χ0v) is 15.7. The number of hydrogen-bond acceptors (Lipinski definition) is 3. The molecule has 0 aromatic heterocycles. The summed E-state index contributed by atoms with van der Waals surface area (Å²) in [6.45, 7) is 10.1. The molecule has 2 aliphatic rings. The highest BCUT2D eigenvalue weighted by atomic mass is 16.2. The molecule has 2 fully saturated rings. The van der Waals surface area contributed by atoms with Crippen LogP contribution in [0.25, 0.3) is 0 Å². The number of amides is 1. The average Bonchev–Trinajstić information content (AvgIpc) is 3.28. The van der Waals surface area contributed by atoms with E-state index in [1.807, 2.05) is 7.05 Å². The molecular formula is C18H35N5O. The van der Waals surface area contributed by atoms with Crippen LogP contribution in [0.2, 0.25) is 0 Å². The van der Waals surface area contributed by atoms with Gasteiger partial charge in [-0.15, -0.1) is 0 Å². The normalized spacial score (nSPS) is 22.4. The van der Waals surface area contributed by atoms with E-state index >= 15 is 0 Å². The van der Waals surface area contributed by atoms with Gasteiger partial charge in [0.2, 0.25) is 5.91 Å². The number of rotatable bonds is 7. The van der Waals surface area contributed by atoms with Crippen molar-refractivity contribution in [3.63, 3.8) is 0 Å². The van der Waals surface area contributed by atoms with E-state index in [1.165, 1.54) is 12.8 Å². The molecule has 0 aromatic carbocycles. The van der Waals surface area contributed by atoms with Crippen molar-refractivity contribution in [1.29, 1.82) is 0 Å². The van der Waals surface area contributed by atoms with E-state index in [0.717, 1.165) is 64.5 Å². The Labute approximate surface area is 147 Å². The number of nitrogens with one attached hydrogen (secondary N) is 2. The van der Waals surface area contributed by atoms with E-state index in [0.29, 0.717) is 11.9 Å². The molecule has 1 saturated carbocycles. The van der Waals surface area contributed by atoms with Crippen LogP contribution in [0.15, 0.2) is 4.99 Å². The number of guanidine groups is 1. The lowest BCUT2D eigenvalue weighted by atomic mass is 10.1. The summed E-state index contributed by atoms with van der Waals surface area (Å²) in [5.74, 6) is 1.51. The Morgan fingerprint density at radius 1 is 1.21 bits per heavy atom. The molecule has 6 nitrogen and oxygen atoms in total. The van der Waals surface area contributed by atoms with E-state index in [1.54, 1.807) is 0 Å². The summed E-state index contributed by atoms with van der Waals surface area (Å²) < 4.78 is 0. The SMILES string of the molecule is CCN(CC)CCNC(=NC)NC1CCN(C(=O)C2CCCC2)C1. The van der Waals surface area contributed by atoms with Crippen molar-refractivity contribution < 1.29 is 4.79 Å². The van der Waals surface area contributed by atoms with Gasteiger partial charge in [-0.25, -0.2) is 0 Å². The first-order chi connectivity index (χ1) is 11.7. The minimum atomic E-state index is 0.287. The van der Waals surface area contributed by atoms with Crippen LogP contribution in [0.4, 0.5) is 0 Å². The van der Waals surface area contributed by atoms with Gasteiger partial charge in [-0.1, -0.05) is 26.7 Å². The number of likely N-dealkylation sites (N-methyl/N-ethyl adjacent to an activating group) is 1. The highest BCUT2D eigenvalue weighted by molar-refractivity contribution is 5.81. The summed E-state index contributed by atoms with van der Waals surface area (Å²) in [7, 11) is 1.81. The molecule has 1 heterocycles. The van der Waals surface area contributed by atoms with Crippen LogP contribution in [-0.2, 0) is 4.79 Å². The van der Waals surface area contributed by atoms with Gasteiger partial charge in [0, 0.05) is 45.2 Å². The minimum Gasteiger partial charge on any atom is -0.355 e. The van der Waals surface area contributed by atoms with Crippen LogP contribution in [0, 0.1) is 5.92 Å². The summed E-state index contributed by atoms with van der Waals surface area (Å²) >= 11 is 0. The zero-order valence-electron chi connectivity index (χ0n) is 15.7. The molecule has 6 heteroatoms. The van der Waals surface area contributed by atoms with Crippen molar-refractivity contribution >= 4 is 11.9 Å². The van der Waals surface area contributed by atoms with Gasteiger partial charge >= 0.3 is 0 Å². The van der Waals surface area contributed by atoms with E-state index in [2.05, 4.69) is 39.3 Å². The lowest BCUT2D eigenvalue weighted by molar-refractivity contribution is -0.134. The second-order valence-electron chi connectivity index (χ2n) is 6.92. The molecule has 0 bridgehead atoms. The maximum Gasteiger partial charge on any atom is 0.225 e. The van der Waals surface area contributed by atoms with Gasteiger partial charge < -0.3 is 20.4 Å². The largest absolute Gasteiger partial charge is 0.355 e. The van der Waals surface area contributed by atoms with Crippen molar-refractivity contribution in [2.75, 3.05) is 46.3 Å². The lowest BCUT2D eigenvalue weighted by Gasteiger charge is -2.22. The zero-order chi connectivity index (χ0) is 17.4. The fraction of sp³-hybridized carbons (Fsp3) is 0.889. The molecule has 1 atom stereocenters. The van der Waals surface area contributed by atoms with Gasteiger partial charge in [0.1, 0.15) is 0 Å². The lowest BCUT2D eigenvalue weighted by Crippen LogP contribution is -2.47. The third kappa shape index (κ3) is 5.36. The average molecular weight is 338 g/mol. The Morgan fingerprint density at radius 2 is 1.92 bits per heavy atom. The topological polar surface area (TPSA) is 60.0 Å². The number of nitrogens with zero attached hydrogens (tertiary/aromatic N) is 3. The van der Waals surface area contributed by atoms with Crippen LogP contribution >= 0.6 is 0 Å². The van der Waals surface area contributed by atoms with Crippen molar-refractivity contribution in [3.05, 3.63) is 0 Å². The molecule has 1 saturated heterocycles. The van der Waals surface area contributed by atoms with Crippen LogP contribution < -0.4 is 10.6 Å². The molecule has 1 aliphatic heterocycles. The number of aliphatic imine (C=N–C) groups is 1. The molecule has 2 N–H and O–H groups in total. The molecule has 0 radical (unpaired) electrons. The molecule has 1 unspecified atom stereocenters. The third-order valence-electron chi connectivity index (χ3n) is 5.38. The molecular weight excluding hydrogens is 302 g/mol. The second-order valence-corrected chi connectivity index (χ2v) is 6.92. The van der Waals surface area contributed by atoms with Gasteiger partial charge in [0.05, 0.1) is 0 Å². The van der Waals surface area contributed by atoms with Crippen molar-refractivity contribution in [1.82, 2.24) is 20.4 Å². The molecule has 138 valence electrons. The van der Waals surface area contributed by atoms with Gasteiger partial charge in [-0.2, -0.15) is 0 Å². The monoisotopic (exact) mass is 337 g/mol. The molecule has 1 amide bonds. The fourth-order valence-corrected chi connectivity index (χ4v) is 3.77. The minimum absolute atomic E-state index is 0.287. The van der Waals surface area contributed by atoms with Gasteiger partial charge in [0.25, 0.3) is 0 Å². The van der Waals surface area contributed by atoms with Crippen molar-refractivity contribution in [2.45, 2.75) is 52.0 Å². The molecule has 1 aliphatic carbocycles. The summed E-state index contributed by atoms with van der Waals surface area (Å²) in [5, 5.41) is 6.87. The third-order valence-corrected chi connectivity index (χ3v) is 5.38. The van der Waals surface area contributed by atoms with E-state index in [4.69, 9.17) is 0 Å². The van der Waals surface area contributed by atoms with Crippen LogP contribution in [0.1, 0.15) is 46.0 Å². The van der Waals surface area contributed by atoms with Crippen LogP contribution in [0.3, 0.4) is 0 Å². The number of carbonyl (C=O) groups is 1. The van der Waals surface area contributed by atoms with Gasteiger partial charge in [0.15, 0.2) is 5.96 Å². The Morgan fingerprint density at radius 3 is 2.54 bits per heavy atom. The van der Waals surface area contributed by atoms with Crippen molar-refractivity contribution in [2.24, 2.45) is 10.9 Å². The first-order valence-corrected chi connectivity index (χ1v) is 9.66. The standard InChI is InChI=1S/C18H35N5O/c1-4-22(5-2)13-11-20-18(19-3)21-16-10-12-23(14-16)17(24)15-8-6-7-9-15/h15-16H,4-14H2,1-3H3,(H2,19,20,21). The Bertz CT molecular complexity index is 416. The smallest absolute Gasteiger partial charge is 0.225 e. The summed E-state index contributed by atoms with van der Waals surface area (Å²) in [4.78, 5) is 21.3. The van der Waals surface area contributed by atoms with E-state index in [-0.39, 0.29) is 5.92 Å². The van der Waals surface area contributed by atoms with Crippen LogP contribution in [-0.4, -0.2) is 74.0 Å². The summed E-state index contributed by atoms with van der Waals surface area (Å²) in [6.07, 6.45) is 5.61. The first kappa shape index (κ1) is 19.0. The summed E-state index contributed by atoms with van der Waals surface area (Å²) in [5.41, 5.74) is 0. The maximum atomic E-state index is 12.5. The number of carbonyl (C=O) groups excluding carboxylic acids is 1. The van der Waals surface area contributed by atoms with E-state index in [9.17, 15) is 4.79 Å². The second kappa shape index (κ2) is 9.87. The predicted molar refractivity (Wildman–Crippen MR) is 99.2 cm³/mol. The molecule has 24 heavy (non-hydrogen) atoms. The Kier molecular flexibility index (Phi) is 7.82. The van der Waals surface area contributed by atoms with E-state index < -0.39 is 0 Å². The number of likely N-dealkylation sites (tertiary alicyclic amines) is 1. The fourth-order valence-electron chi connectivity index (χ4n) is 3.77. The molecule has 0 spiro atoms. The Balaban J connectivity index is 1.71. The summed E-state index contributed by atoms with van der Waals surface area (Å²) in [6, 6.07) is 0.315. The number of hydrogen-bond donors (Lipinski definition) is 2. The van der Waals surface area contributed by atoms with Gasteiger partial charge in [-0.3, -0.25) is 9.79 Å². The Hall–Kier alpha value is -1.30. The quantitative estimate of drug-likeness (QED) is 0.543. The molecule has 0 aromatic rings. The molecule has 2 rings (SSSR count). The highest BCUT2D eigenvalue weighted by Gasteiger charge is 2.32. The van der Waals surface area contributed by atoms with Crippen molar-refractivity contribution in [3.8, 4) is 0 Å². The predicted octanol–water partition coefficient (Wildman–Crippen LogP) is 1.28. The highest BCUT2D eigenvalue weighted by Crippen LogP contribution is 2.27. The van der Waals surface area contributed by atoms with Crippen LogP contribution in [0.5, 0.6) is 0 Å². The maximum absolute atomic E-state index is 12.5.